The summed E-state index contributed by atoms with van der Waals surface area (Å²) in [4.78, 5) is 15.0. The van der Waals surface area contributed by atoms with Crippen LogP contribution in [0.1, 0.15) is 28.0 Å². The Kier molecular flexibility index (Phi) is 5.20. The number of nitrogens with zero attached hydrogens (tertiary/aromatic N) is 3. The lowest BCUT2D eigenvalue weighted by molar-refractivity contribution is 0.0611. The van der Waals surface area contributed by atoms with E-state index in [0.29, 0.717) is 18.7 Å². The van der Waals surface area contributed by atoms with Crippen LogP contribution < -0.4 is 0 Å². The van der Waals surface area contributed by atoms with E-state index in [1.165, 1.54) is 0 Å². The van der Waals surface area contributed by atoms with E-state index in [0.717, 1.165) is 23.4 Å². The van der Waals surface area contributed by atoms with Crippen molar-refractivity contribution in [3.05, 3.63) is 47.3 Å². The van der Waals surface area contributed by atoms with Gasteiger partial charge in [0.05, 0.1) is 41.9 Å². The van der Waals surface area contributed by atoms with E-state index in [2.05, 4.69) is 5.10 Å². The number of hydrogen-bond acceptors (Lipinski definition) is 4. The van der Waals surface area contributed by atoms with Crippen molar-refractivity contribution in [1.29, 1.82) is 0 Å². The van der Waals surface area contributed by atoms with E-state index in [1.807, 2.05) is 47.7 Å². The Hall–Kier alpha value is -2.18. The molecule has 1 saturated heterocycles. The molecule has 0 saturated carbocycles. The van der Waals surface area contributed by atoms with Crippen molar-refractivity contribution in [3.63, 3.8) is 0 Å². The van der Waals surface area contributed by atoms with Crippen molar-refractivity contribution >= 4 is 5.91 Å². The second kappa shape index (κ2) is 7.37. The molecule has 6 nitrogen and oxygen atoms in total. The van der Waals surface area contributed by atoms with E-state index in [1.54, 1.807) is 20.4 Å². The van der Waals surface area contributed by atoms with Crippen molar-refractivity contribution in [2.75, 3.05) is 27.4 Å². The van der Waals surface area contributed by atoms with Crippen molar-refractivity contribution < 1.29 is 14.3 Å². The molecule has 2 aromatic rings. The third-order valence-corrected chi connectivity index (χ3v) is 4.91. The van der Waals surface area contributed by atoms with Crippen LogP contribution in [0.2, 0.25) is 0 Å². The molecule has 1 aromatic heterocycles. The number of rotatable bonds is 5. The molecule has 6 heteroatoms. The molecule has 0 radical (unpaired) electrons. The smallest absolute Gasteiger partial charge is 0.257 e. The molecule has 1 aliphatic rings. The topological polar surface area (TPSA) is 56.6 Å². The molecule has 3 rings (SSSR count). The SMILES string of the molecule is COC[C@@H]1C[C@H](OC)CN1C(=O)c1cnn(-c2ccccc2C)c1C. The second-order valence-electron chi connectivity index (χ2n) is 6.50. The summed E-state index contributed by atoms with van der Waals surface area (Å²) in [5, 5.41) is 4.46. The Morgan fingerprint density at radius 2 is 2.04 bits per heavy atom. The number of methoxy groups -OCH3 is 2. The first-order valence-electron chi connectivity index (χ1n) is 8.50. The van der Waals surface area contributed by atoms with Gasteiger partial charge in [0.1, 0.15) is 0 Å². The average Bonchev–Trinajstić information content (AvgIpc) is 3.19. The quantitative estimate of drug-likeness (QED) is 0.836. The third-order valence-electron chi connectivity index (χ3n) is 4.91. The van der Waals surface area contributed by atoms with Crippen LogP contribution in [-0.2, 0) is 9.47 Å². The predicted molar refractivity (Wildman–Crippen MR) is 95.2 cm³/mol. The highest BCUT2D eigenvalue weighted by atomic mass is 16.5. The lowest BCUT2D eigenvalue weighted by Gasteiger charge is -2.23. The van der Waals surface area contributed by atoms with Gasteiger partial charge in [-0.2, -0.15) is 5.10 Å². The highest BCUT2D eigenvalue weighted by Gasteiger charge is 2.36. The summed E-state index contributed by atoms with van der Waals surface area (Å²) in [6.07, 6.45) is 2.51. The number of ether oxygens (including phenoxy) is 2. The number of para-hydroxylation sites is 1. The maximum absolute atomic E-state index is 13.1. The zero-order valence-electron chi connectivity index (χ0n) is 15.2. The van der Waals surface area contributed by atoms with Gasteiger partial charge in [-0.1, -0.05) is 18.2 Å². The maximum Gasteiger partial charge on any atom is 0.257 e. The van der Waals surface area contributed by atoms with E-state index < -0.39 is 0 Å². The molecule has 1 amide bonds. The molecule has 0 bridgehead atoms. The monoisotopic (exact) mass is 343 g/mol. The number of carbonyl (C=O) groups excluding carboxylic acids is 1. The van der Waals surface area contributed by atoms with E-state index in [9.17, 15) is 4.79 Å². The zero-order valence-corrected chi connectivity index (χ0v) is 15.2. The number of aryl methyl sites for hydroxylation is 1. The molecular weight excluding hydrogens is 318 g/mol. The highest BCUT2D eigenvalue weighted by Crippen LogP contribution is 2.25. The van der Waals surface area contributed by atoms with Crippen molar-refractivity contribution in [3.8, 4) is 5.69 Å². The van der Waals surface area contributed by atoms with Gasteiger partial charge in [-0.25, -0.2) is 4.68 Å². The molecule has 0 aliphatic carbocycles. The molecule has 0 spiro atoms. The lowest BCUT2D eigenvalue weighted by Crippen LogP contribution is -2.38. The minimum Gasteiger partial charge on any atom is -0.383 e. The standard InChI is InChI=1S/C19H25N3O3/c1-13-7-5-6-8-18(13)22-14(2)17(10-20-22)19(23)21-11-16(25-4)9-15(21)12-24-3/h5-8,10,15-16H,9,11-12H2,1-4H3/t15-,16-/m0/s1. The van der Waals surface area contributed by atoms with Crippen LogP contribution in [0.3, 0.4) is 0 Å². The van der Waals surface area contributed by atoms with Gasteiger partial charge in [-0.05, 0) is 31.9 Å². The minimum absolute atomic E-state index is 0.0149. The minimum atomic E-state index is -0.0149. The molecule has 1 aromatic carbocycles. The van der Waals surface area contributed by atoms with Crippen LogP contribution in [0.15, 0.2) is 30.5 Å². The Balaban J connectivity index is 1.89. The number of aromatic nitrogens is 2. The summed E-state index contributed by atoms with van der Waals surface area (Å²) < 4.78 is 12.6. The molecule has 0 unspecified atom stereocenters. The van der Waals surface area contributed by atoms with Gasteiger partial charge in [0.2, 0.25) is 0 Å². The second-order valence-corrected chi connectivity index (χ2v) is 6.50. The molecule has 2 heterocycles. The third kappa shape index (κ3) is 3.32. The fraction of sp³-hybridized carbons (Fsp3) is 0.474. The summed E-state index contributed by atoms with van der Waals surface area (Å²) in [5.41, 5.74) is 3.58. The highest BCUT2D eigenvalue weighted by molar-refractivity contribution is 5.95. The van der Waals surface area contributed by atoms with Crippen LogP contribution in [0.25, 0.3) is 5.69 Å². The molecule has 0 N–H and O–H groups in total. The molecule has 2 atom stereocenters. The van der Waals surface area contributed by atoms with Crippen LogP contribution in [-0.4, -0.2) is 60.1 Å². The van der Waals surface area contributed by atoms with Crippen LogP contribution in [0.4, 0.5) is 0 Å². The fourth-order valence-electron chi connectivity index (χ4n) is 3.46. The van der Waals surface area contributed by atoms with Crippen molar-refractivity contribution in [2.24, 2.45) is 0 Å². The maximum atomic E-state index is 13.1. The van der Waals surface area contributed by atoms with Gasteiger partial charge in [-0.15, -0.1) is 0 Å². The summed E-state index contributed by atoms with van der Waals surface area (Å²) >= 11 is 0. The Labute approximate surface area is 148 Å². The van der Waals surface area contributed by atoms with E-state index >= 15 is 0 Å². The largest absolute Gasteiger partial charge is 0.383 e. The first kappa shape index (κ1) is 17.6. The van der Waals surface area contributed by atoms with Crippen LogP contribution >= 0.6 is 0 Å². The summed E-state index contributed by atoms with van der Waals surface area (Å²) in [7, 11) is 3.34. The Morgan fingerprint density at radius 3 is 2.72 bits per heavy atom. The predicted octanol–water partition coefficient (Wildman–Crippen LogP) is 2.37. The number of amides is 1. The summed E-state index contributed by atoms with van der Waals surface area (Å²) in [6.45, 7) is 5.06. The normalized spacial score (nSPS) is 20.2. The summed E-state index contributed by atoms with van der Waals surface area (Å²) in [6, 6.07) is 8.05. The van der Waals surface area contributed by atoms with Crippen molar-refractivity contribution in [2.45, 2.75) is 32.4 Å². The lowest BCUT2D eigenvalue weighted by atomic mass is 10.1. The van der Waals surface area contributed by atoms with Gasteiger partial charge in [0, 0.05) is 20.8 Å². The summed E-state index contributed by atoms with van der Waals surface area (Å²) in [5.74, 6) is -0.0149. The number of likely N-dealkylation sites (tertiary alicyclic amines) is 1. The van der Waals surface area contributed by atoms with Crippen molar-refractivity contribution in [1.82, 2.24) is 14.7 Å². The first-order valence-corrected chi connectivity index (χ1v) is 8.50. The number of benzene rings is 1. The fourth-order valence-corrected chi connectivity index (χ4v) is 3.46. The molecule has 1 fully saturated rings. The molecule has 134 valence electrons. The van der Waals surface area contributed by atoms with Crippen LogP contribution in [0.5, 0.6) is 0 Å². The zero-order chi connectivity index (χ0) is 18.0. The molecule has 25 heavy (non-hydrogen) atoms. The van der Waals surface area contributed by atoms with E-state index in [-0.39, 0.29) is 18.1 Å². The Bertz CT molecular complexity index is 756. The van der Waals surface area contributed by atoms with Crippen LogP contribution in [0, 0.1) is 13.8 Å². The van der Waals surface area contributed by atoms with Gasteiger partial charge in [-0.3, -0.25) is 4.79 Å². The van der Waals surface area contributed by atoms with E-state index in [4.69, 9.17) is 9.47 Å². The molecular formula is C19H25N3O3. The van der Waals surface area contributed by atoms with Gasteiger partial charge >= 0.3 is 0 Å². The molecule has 1 aliphatic heterocycles. The van der Waals surface area contributed by atoms with Gasteiger partial charge in [0.15, 0.2) is 0 Å². The van der Waals surface area contributed by atoms with Gasteiger partial charge < -0.3 is 14.4 Å². The number of hydrogen-bond donors (Lipinski definition) is 0. The number of carbonyl (C=O) groups is 1. The van der Waals surface area contributed by atoms with Gasteiger partial charge in [0.25, 0.3) is 5.91 Å². The first-order chi connectivity index (χ1) is 12.1. The Morgan fingerprint density at radius 1 is 1.28 bits per heavy atom. The average molecular weight is 343 g/mol.